The van der Waals surface area contributed by atoms with Crippen LogP contribution >= 0.6 is 0 Å². The Kier molecular flexibility index (Phi) is 12.3. The first-order valence-corrected chi connectivity index (χ1v) is 15.7. The van der Waals surface area contributed by atoms with E-state index in [2.05, 4.69) is 50.0 Å². The van der Waals surface area contributed by atoms with Gasteiger partial charge in [-0.3, -0.25) is 0 Å². The van der Waals surface area contributed by atoms with Crippen LogP contribution in [0.15, 0.2) is 134 Å². The molecule has 258 valence electrons. The van der Waals surface area contributed by atoms with Crippen LogP contribution in [-0.2, 0) is 19.2 Å². The van der Waals surface area contributed by atoms with Gasteiger partial charge >= 0.3 is 23.9 Å². The maximum absolute atomic E-state index is 12.7. The number of rotatable bonds is 9. The quantitative estimate of drug-likeness (QED) is 0.0752. The molecule has 4 aromatic carbocycles. The fraction of sp³-hybridized carbons (Fsp3) is 0.0909. The maximum Gasteiger partial charge on any atom is 0.338 e. The van der Waals surface area contributed by atoms with Crippen molar-refractivity contribution in [2.45, 2.75) is 27.7 Å². The number of carbonyl (C=O) groups excluding carboxylic acids is 4. The lowest BCUT2D eigenvalue weighted by Crippen LogP contribution is -2.12. The zero-order chi connectivity index (χ0) is 37.9. The zero-order valence-corrected chi connectivity index (χ0v) is 29.2. The first kappa shape index (κ1) is 37.7. The summed E-state index contributed by atoms with van der Waals surface area (Å²) in [5.74, 6) is 10.4. The topological polar surface area (TPSA) is 105 Å². The summed E-state index contributed by atoms with van der Waals surface area (Å²) in [7, 11) is 0. The Labute approximate surface area is 302 Å². The van der Waals surface area contributed by atoms with E-state index in [1.807, 2.05) is 24.3 Å². The Bertz CT molecular complexity index is 2200. The minimum Gasteiger partial charge on any atom is -0.423 e. The van der Waals surface area contributed by atoms with Gasteiger partial charge in [-0.15, -0.1) is 0 Å². The highest BCUT2D eigenvalue weighted by atomic mass is 16.6. The van der Waals surface area contributed by atoms with Crippen molar-refractivity contribution >= 4 is 23.9 Å². The zero-order valence-electron chi connectivity index (χ0n) is 29.2. The van der Waals surface area contributed by atoms with E-state index in [0.29, 0.717) is 44.9 Å². The van der Waals surface area contributed by atoms with E-state index in [1.54, 1.807) is 74.5 Å². The van der Waals surface area contributed by atoms with E-state index < -0.39 is 23.9 Å². The highest BCUT2D eigenvalue weighted by molar-refractivity contribution is 5.92. The molecule has 0 radical (unpaired) electrons. The monoisotopic (exact) mass is 690 g/mol. The first-order chi connectivity index (χ1) is 24.7. The van der Waals surface area contributed by atoms with E-state index >= 15 is 0 Å². The molecule has 0 aliphatic carbocycles. The Morgan fingerprint density at radius 1 is 0.423 bits per heavy atom. The number of hydrogen-bond acceptors (Lipinski definition) is 8. The molecule has 0 N–H and O–H groups in total. The second-order valence-electron chi connectivity index (χ2n) is 11.7. The van der Waals surface area contributed by atoms with Crippen LogP contribution < -0.4 is 18.9 Å². The van der Waals surface area contributed by atoms with Crippen molar-refractivity contribution in [2.24, 2.45) is 0 Å². The molecular formula is C44H34O8. The highest BCUT2D eigenvalue weighted by Gasteiger charge is 2.19. The van der Waals surface area contributed by atoms with Crippen LogP contribution in [0.1, 0.15) is 49.9 Å². The second kappa shape index (κ2) is 17.0. The molecule has 52 heavy (non-hydrogen) atoms. The molecule has 4 aromatic rings. The van der Waals surface area contributed by atoms with Gasteiger partial charge in [0.25, 0.3) is 0 Å². The van der Waals surface area contributed by atoms with E-state index in [9.17, 15) is 19.2 Å². The van der Waals surface area contributed by atoms with Crippen LogP contribution in [0, 0.1) is 23.7 Å². The number of carbonyl (C=O) groups is 4. The molecule has 0 heterocycles. The Morgan fingerprint density at radius 2 is 0.731 bits per heavy atom. The molecule has 8 nitrogen and oxygen atoms in total. The van der Waals surface area contributed by atoms with Crippen LogP contribution in [0.3, 0.4) is 0 Å². The van der Waals surface area contributed by atoms with Crippen molar-refractivity contribution in [1.29, 1.82) is 0 Å². The van der Waals surface area contributed by atoms with E-state index in [4.69, 9.17) is 18.9 Å². The Hall–Kier alpha value is -7.16. The number of ether oxygens (including phenoxy) is 4. The summed E-state index contributed by atoms with van der Waals surface area (Å²) < 4.78 is 21.9. The fourth-order valence-corrected chi connectivity index (χ4v) is 4.04. The fourth-order valence-electron chi connectivity index (χ4n) is 4.04. The minimum absolute atomic E-state index is 0.0377. The van der Waals surface area contributed by atoms with Gasteiger partial charge in [-0.05, 0) is 112 Å². The van der Waals surface area contributed by atoms with Crippen molar-refractivity contribution < 1.29 is 38.1 Å². The van der Waals surface area contributed by atoms with Gasteiger partial charge in [0.15, 0.2) is 11.5 Å². The summed E-state index contributed by atoms with van der Waals surface area (Å²) in [6, 6.07) is 23.7. The molecule has 4 rings (SSSR count). The van der Waals surface area contributed by atoms with Crippen LogP contribution in [0.4, 0.5) is 0 Å². The molecule has 0 spiro atoms. The number of benzene rings is 4. The van der Waals surface area contributed by atoms with Gasteiger partial charge in [-0.1, -0.05) is 62.1 Å². The van der Waals surface area contributed by atoms with Crippen LogP contribution in [0.2, 0.25) is 0 Å². The van der Waals surface area contributed by atoms with Crippen molar-refractivity contribution in [3.05, 3.63) is 156 Å². The highest BCUT2D eigenvalue weighted by Crippen LogP contribution is 2.36. The van der Waals surface area contributed by atoms with Gasteiger partial charge in [0.2, 0.25) is 0 Å². The van der Waals surface area contributed by atoms with E-state index in [-0.39, 0.29) is 33.8 Å². The molecule has 0 aliphatic rings. The van der Waals surface area contributed by atoms with Gasteiger partial charge in [0.1, 0.15) is 17.1 Å². The summed E-state index contributed by atoms with van der Waals surface area (Å²) in [6.45, 7) is 20.6. The average molecular weight is 691 g/mol. The third-order valence-corrected chi connectivity index (χ3v) is 6.90. The van der Waals surface area contributed by atoms with Gasteiger partial charge < -0.3 is 18.9 Å². The van der Waals surface area contributed by atoms with E-state index in [1.165, 1.54) is 13.8 Å². The van der Waals surface area contributed by atoms with Crippen LogP contribution in [0.5, 0.6) is 23.0 Å². The van der Waals surface area contributed by atoms with Gasteiger partial charge in [0, 0.05) is 39.0 Å². The van der Waals surface area contributed by atoms with Crippen LogP contribution in [0.25, 0.3) is 11.1 Å². The number of hydrogen-bond donors (Lipinski definition) is 0. The molecule has 0 aromatic heterocycles. The lowest BCUT2D eigenvalue weighted by atomic mass is 10.0. The molecule has 0 unspecified atom stereocenters. The molecule has 0 amide bonds. The maximum atomic E-state index is 12.7. The molecule has 0 fully saturated rings. The normalized spacial score (nSPS) is 9.85. The van der Waals surface area contributed by atoms with Crippen molar-refractivity contribution in [2.75, 3.05) is 0 Å². The predicted octanol–water partition coefficient (Wildman–Crippen LogP) is 8.08. The SMILES string of the molecule is C=C(C)C(=O)Oc1ccc(C#Cc2ccc(-c3cc(OC(=O)C(=C)C)c(C#Cc4ccc(OC(=O)C(=C)C)cc4)c(OC(=O)C(=C)C)c3)cc2)cc1. The Balaban J connectivity index is 1.70. The summed E-state index contributed by atoms with van der Waals surface area (Å²) in [5.41, 5.74) is 4.21. The molecule has 0 saturated carbocycles. The third kappa shape index (κ3) is 10.4. The summed E-state index contributed by atoms with van der Waals surface area (Å²) in [5, 5.41) is 0. The lowest BCUT2D eigenvalue weighted by molar-refractivity contribution is -0.131. The largest absolute Gasteiger partial charge is 0.423 e. The van der Waals surface area contributed by atoms with E-state index in [0.717, 1.165) is 0 Å². The second-order valence-corrected chi connectivity index (χ2v) is 11.7. The molecule has 0 aliphatic heterocycles. The molecule has 8 heteroatoms. The summed E-state index contributed by atoms with van der Waals surface area (Å²) in [6.07, 6.45) is 0. The molecule has 0 saturated heterocycles. The molecule has 0 atom stereocenters. The van der Waals surface area contributed by atoms with Gasteiger partial charge in [-0.2, -0.15) is 0 Å². The van der Waals surface area contributed by atoms with Crippen molar-refractivity contribution in [1.82, 2.24) is 0 Å². The minimum atomic E-state index is -0.700. The smallest absolute Gasteiger partial charge is 0.338 e. The van der Waals surface area contributed by atoms with Crippen molar-refractivity contribution in [3.63, 3.8) is 0 Å². The first-order valence-electron chi connectivity index (χ1n) is 15.7. The Morgan fingerprint density at radius 3 is 1.08 bits per heavy atom. The standard InChI is InChI=1S/C44H34O8/c1-27(2)41(45)49-36-20-13-32(14-21-36)10-9-31-11-18-34(19-12-31)35-25-39(51-43(47)29(5)6)38(40(26-35)52-44(48)30(7)8)24-17-33-15-22-37(23-16-33)50-42(46)28(3)4/h11-16,18-23,25-26H,1,3,5,7H2,2,4,6,8H3. The summed E-state index contributed by atoms with van der Waals surface area (Å²) in [4.78, 5) is 49.1. The molecule has 0 bridgehead atoms. The third-order valence-electron chi connectivity index (χ3n) is 6.90. The van der Waals surface area contributed by atoms with Gasteiger partial charge in [-0.25, -0.2) is 19.2 Å². The number of esters is 4. The predicted molar refractivity (Wildman–Crippen MR) is 199 cm³/mol. The average Bonchev–Trinajstić information content (AvgIpc) is 3.11. The molecular weight excluding hydrogens is 656 g/mol. The van der Waals surface area contributed by atoms with Gasteiger partial charge in [0.05, 0.1) is 0 Å². The summed E-state index contributed by atoms with van der Waals surface area (Å²) >= 11 is 0. The van der Waals surface area contributed by atoms with Crippen molar-refractivity contribution in [3.8, 4) is 57.8 Å². The van der Waals surface area contributed by atoms with Crippen LogP contribution in [-0.4, -0.2) is 23.9 Å². The lowest BCUT2D eigenvalue weighted by Gasteiger charge is -2.14.